The van der Waals surface area contributed by atoms with Crippen molar-refractivity contribution in [1.29, 1.82) is 0 Å². The third-order valence-corrected chi connectivity index (χ3v) is 2.78. The fourth-order valence-electron chi connectivity index (χ4n) is 1.25. The van der Waals surface area contributed by atoms with Gasteiger partial charge in [0.05, 0.1) is 0 Å². The first kappa shape index (κ1) is 11.6. The van der Waals surface area contributed by atoms with E-state index in [0.29, 0.717) is 10.9 Å². The number of nitrogens with zero attached hydrogens (tertiary/aromatic N) is 1. The SMILES string of the molecule is CC(Oc1ccccc1)C(=O)Nc1nccs1. The van der Waals surface area contributed by atoms with Gasteiger partial charge in [-0.25, -0.2) is 4.98 Å². The highest BCUT2D eigenvalue weighted by Gasteiger charge is 2.15. The molecule has 88 valence electrons. The molecule has 1 N–H and O–H groups in total. The van der Waals surface area contributed by atoms with E-state index in [-0.39, 0.29) is 5.91 Å². The Hall–Kier alpha value is -1.88. The molecule has 0 saturated carbocycles. The maximum Gasteiger partial charge on any atom is 0.266 e. The van der Waals surface area contributed by atoms with Crippen LogP contribution in [0.4, 0.5) is 5.13 Å². The summed E-state index contributed by atoms with van der Waals surface area (Å²) in [6, 6.07) is 9.25. The van der Waals surface area contributed by atoms with Gasteiger partial charge in [0.25, 0.3) is 5.91 Å². The molecule has 2 aromatic rings. The van der Waals surface area contributed by atoms with E-state index in [0.717, 1.165) is 0 Å². The van der Waals surface area contributed by atoms with Crippen molar-refractivity contribution >= 4 is 22.4 Å². The van der Waals surface area contributed by atoms with E-state index >= 15 is 0 Å². The summed E-state index contributed by atoms with van der Waals surface area (Å²) in [6.45, 7) is 1.70. The van der Waals surface area contributed by atoms with Crippen molar-refractivity contribution in [3.8, 4) is 5.75 Å². The van der Waals surface area contributed by atoms with E-state index in [9.17, 15) is 4.79 Å². The van der Waals surface area contributed by atoms with Gasteiger partial charge in [0, 0.05) is 11.6 Å². The number of thiazole rings is 1. The van der Waals surface area contributed by atoms with Crippen LogP contribution in [0.15, 0.2) is 41.9 Å². The Bertz CT molecular complexity index is 471. The Morgan fingerprint density at radius 3 is 2.82 bits per heavy atom. The number of nitrogens with one attached hydrogen (secondary N) is 1. The molecule has 1 amide bonds. The van der Waals surface area contributed by atoms with E-state index in [2.05, 4.69) is 10.3 Å². The molecule has 17 heavy (non-hydrogen) atoms. The van der Waals surface area contributed by atoms with Crippen molar-refractivity contribution in [3.05, 3.63) is 41.9 Å². The van der Waals surface area contributed by atoms with Crippen molar-refractivity contribution in [2.24, 2.45) is 0 Å². The van der Waals surface area contributed by atoms with E-state index in [1.165, 1.54) is 11.3 Å². The summed E-state index contributed by atoms with van der Waals surface area (Å²) < 4.78 is 5.49. The minimum absolute atomic E-state index is 0.205. The molecule has 1 atom stereocenters. The van der Waals surface area contributed by atoms with Gasteiger partial charge in [0.1, 0.15) is 5.75 Å². The van der Waals surface area contributed by atoms with Crippen LogP contribution < -0.4 is 10.1 Å². The molecule has 4 nitrogen and oxygen atoms in total. The molecule has 1 heterocycles. The summed E-state index contributed by atoms with van der Waals surface area (Å²) in [5, 5.41) is 5.07. The van der Waals surface area contributed by atoms with Crippen LogP contribution in [0.25, 0.3) is 0 Å². The zero-order chi connectivity index (χ0) is 12.1. The average molecular weight is 248 g/mol. The molecule has 5 heteroatoms. The van der Waals surface area contributed by atoms with Crippen LogP contribution in [0.3, 0.4) is 0 Å². The minimum Gasteiger partial charge on any atom is -0.481 e. The van der Waals surface area contributed by atoms with E-state index in [1.54, 1.807) is 18.5 Å². The molecule has 0 aliphatic rings. The highest BCUT2D eigenvalue weighted by Crippen LogP contribution is 2.14. The fourth-order valence-corrected chi connectivity index (χ4v) is 1.78. The van der Waals surface area contributed by atoms with Gasteiger partial charge in [-0.2, -0.15) is 0 Å². The van der Waals surface area contributed by atoms with Crippen molar-refractivity contribution in [3.63, 3.8) is 0 Å². The predicted octanol–water partition coefficient (Wildman–Crippen LogP) is 2.55. The third kappa shape index (κ3) is 3.29. The van der Waals surface area contributed by atoms with Crippen LogP contribution in [-0.4, -0.2) is 17.0 Å². The lowest BCUT2D eigenvalue weighted by atomic mass is 10.3. The third-order valence-electron chi connectivity index (χ3n) is 2.09. The molecular formula is C12H12N2O2S. The van der Waals surface area contributed by atoms with Crippen molar-refractivity contribution in [1.82, 2.24) is 4.98 Å². The summed E-state index contributed by atoms with van der Waals surface area (Å²) in [7, 11) is 0. The average Bonchev–Trinajstić information content (AvgIpc) is 2.83. The smallest absolute Gasteiger partial charge is 0.266 e. The van der Waals surface area contributed by atoms with Gasteiger partial charge in [-0.1, -0.05) is 18.2 Å². The Morgan fingerprint density at radius 2 is 2.18 bits per heavy atom. The molecule has 0 aliphatic carbocycles. The second kappa shape index (κ2) is 5.45. The maximum absolute atomic E-state index is 11.7. The van der Waals surface area contributed by atoms with Crippen LogP contribution in [0.5, 0.6) is 5.75 Å². The first-order valence-electron chi connectivity index (χ1n) is 5.18. The first-order valence-corrected chi connectivity index (χ1v) is 6.06. The standard InChI is InChI=1S/C12H12N2O2S/c1-9(16-10-5-3-2-4-6-10)11(15)14-12-13-7-8-17-12/h2-9H,1H3,(H,13,14,15). The minimum atomic E-state index is -0.554. The molecule has 1 unspecified atom stereocenters. The first-order chi connectivity index (χ1) is 8.25. The summed E-state index contributed by atoms with van der Waals surface area (Å²) >= 11 is 1.38. The Morgan fingerprint density at radius 1 is 1.41 bits per heavy atom. The van der Waals surface area contributed by atoms with Crippen LogP contribution in [-0.2, 0) is 4.79 Å². The monoisotopic (exact) mass is 248 g/mol. The number of benzene rings is 1. The highest BCUT2D eigenvalue weighted by atomic mass is 32.1. The second-order valence-electron chi connectivity index (χ2n) is 3.40. The molecule has 0 fully saturated rings. The van der Waals surface area contributed by atoms with Gasteiger partial charge in [0.15, 0.2) is 11.2 Å². The van der Waals surface area contributed by atoms with Gasteiger partial charge < -0.3 is 4.74 Å². The zero-order valence-corrected chi connectivity index (χ0v) is 10.1. The lowest BCUT2D eigenvalue weighted by Gasteiger charge is -2.13. The van der Waals surface area contributed by atoms with E-state index in [4.69, 9.17) is 4.74 Å². The summed E-state index contributed by atoms with van der Waals surface area (Å²) in [4.78, 5) is 15.7. The van der Waals surface area contributed by atoms with Gasteiger partial charge >= 0.3 is 0 Å². The summed E-state index contributed by atoms with van der Waals surface area (Å²) in [5.41, 5.74) is 0. The number of para-hydroxylation sites is 1. The predicted molar refractivity (Wildman–Crippen MR) is 67.3 cm³/mol. The number of carbonyl (C=O) groups excluding carboxylic acids is 1. The van der Waals surface area contributed by atoms with Crippen molar-refractivity contribution in [2.75, 3.05) is 5.32 Å². The molecule has 0 spiro atoms. The lowest BCUT2D eigenvalue weighted by molar-refractivity contribution is -0.122. The van der Waals surface area contributed by atoms with Crippen LogP contribution in [0.2, 0.25) is 0 Å². The maximum atomic E-state index is 11.7. The molecule has 0 saturated heterocycles. The Labute approximate surface area is 103 Å². The normalized spacial score (nSPS) is 11.8. The number of rotatable bonds is 4. The van der Waals surface area contributed by atoms with Crippen molar-refractivity contribution < 1.29 is 9.53 Å². The van der Waals surface area contributed by atoms with Crippen LogP contribution >= 0.6 is 11.3 Å². The lowest BCUT2D eigenvalue weighted by Crippen LogP contribution is -2.30. The van der Waals surface area contributed by atoms with Gasteiger partial charge in [-0.05, 0) is 19.1 Å². The van der Waals surface area contributed by atoms with Crippen LogP contribution in [0.1, 0.15) is 6.92 Å². The number of anilines is 1. The Kier molecular flexibility index (Phi) is 3.72. The number of hydrogen-bond donors (Lipinski definition) is 1. The zero-order valence-electron chi connectivity index (χ0n) is 9.29. The topological polar surface area (TPSA) is 51.2 Å². The molecular weight excluding hydrogens is 236 g/mol. The highest BCUT2D eigenvalue weighted by molar-refractivity contribution is 7.13. The summed E-state index contributed by atoms with van der Waals surface area (Å²) in [6.07, 6.45) is 1.09. The quantitative estimate of drug-likeness (QED) is 0.904. The Balaban J connectivity index is 1.92. The fraction of sp³-hybridized carbons (Fsp3) is 0.167. The van der Waals surface area contributed by atoms with Gasteiger partial charge in [-0.3, -0.25) is 10.1 Å². The number of hydrogen-bond acceptors (Lipinski definition) is 4. The van der Waals surface area contributed by atoms with Crippen LogP contribution in [0, 0.1) is 0 Å². The number of amides is 1. The second-order valence-corrected chi connectivity index (χ2v) is 4.29. The molecule has 0 aliphatic heterocycles. The summed E-state index contributed by atoms with van der Waals surface area (Å²) in [5.74, 6) is 0.470. The van der Waals surface area contributed by atoms with Crippen molar-refractivity contribution in [2.45, 2.75) is 13.0 Å². The van der Waals surface area contributed by atoms with E-state index in [1.807, 2.05) is 30.3 Å². The molecule has 2 rings (SSSR count). The molecule has 0 bridgehead atoms. The number of carbonyl (C=O) groups is 1. The van der Waals surface area contributed by atoms with Gasteiger partial charge in [-0.15, -0.1) is 11.3 Å². The molecule has 1 aromatic heterocycles. The number of aromatic nitrogens is 1. The molecule has 0 radical (unpaired) electrons. The van der Waals surface area contributed by atoms with E-state index < -0.39 is 6.10 Å². The molecule has 1 aromatic carbocycles. The number of ether oxygens (including phenoxy) is 1. The largest absolute Gasteiger partial charge is 0.481 e. The van der Waals surface area contributed by atoms with Gasteiger partial charge in [0.2, 0.25) is 0 Å².